The van der Waals surface area contributed by atoms with Crippen molar-refractivity contribution < 1.29 is 26.9 Å². The molecule has 0 saturated carbocycles. The van der Waals surface area contributed by atoms with Crippen molar-refractivity contribution in [2.45, 2.75) is 32.2 Å². The SMILES string of the molecule is CCC1(CC)NC(=O)N(CCS(=O)(=O)Oc2cccc(OC)c2)C1=O. The molecule has 0 bridgehead atoms. The van der Waals surface area contributed by atoms with Crippen LogP contribution in [0.5, 0.6) is 11.5 Å². The number of rotatable bonds is 8. The van der Waals surface area contributed by atoms with Crippen molar-refractivity contribution in [3.05, 3.63) is 24.3 Å². The van der Waals surface area contributed by atoms with Gasteiger partial charge in [-0.2, -0.15) is 8.42 Å². The maximum absolute atomic E-state index is 12.4. The number of imide groups is 1. The first kappa shape index (κ1) is 19.0. The quantitative estimate of drug-likeness (QED) is 0.550. The lowest BCUT2D eigenvalue weighted by Gasteiger charge is -2.23. The number of nitrogens with one attached hydrogen (secondary N) is 1. The van der Waals surface area contributed by atoms with Crippen LogP contribution in [0.1, 0.15) is 26.7 Å². The van der Waals surface area contributed by atoms with Gasteiger partial charge in [-0.15, -0.1) is 0 Å². The lowest BCUT2D eigenvalue weighted by atomic mass is 9.93. The van der Waals surface area contributed by atoms with Gasteiger partial charge in [-0.1, -0.05) is 19.9 Å². The Kier molecular flexibility index (Phi) is 5.56. The first-order valence-corrected chi connectivity index (χ1v) is 9.55. The van der Waals surface area contributed by atoms with Crippen molar-refractivity contribution in [3.8, 4) is 11.5 Å². The molecule has 0 atom stereocenters. The minimum absolute atomic E-state index is 0.105. The summed E-state index contributed by atoms with van der Waals surface area (Å²) in [6.45, 7) is 3.33. The molecule has 1 saturated heterocycles. The molecule has 3 amide bonds. The summed E-state index contributed by atoms with van der Waals surface area (Å²) < 4.78 is 34.3. The predicted molar refractivity (Wildman–Crippen MR) is 91.0 cm³/mol. The number of ether oxygens (including phenoxy) is 1. The summed E-state index contributed by atoms with van der Waals surface area (Å²) in [6.07, 6.45) is 0.884. The Morgan fingerprint density at radius 3 is 2.36 bits per heavy atom. The van der Waals surface area contributed by atoms with Gasteiger partial charge >= 0.3 is 16.1 Å². The molecule has 0 aromatic heterocycles. The summed E-state index contributed by atoms with van der Waals surface area (Å²) in [5, 5.41) is 2.65. The lowest BCUT2D eigenvalue weighted by Crippen LogP contribution is -2.46. The van der Waals surface area contributed by atoms with E-state index in [-0.39, 0.29) is 12.3 Å². The highest BCUT2D eigenvalue weighted by Crippen LogP contribution is 2.25. The summed E-state index contributed by atoms with van der Waals surface area (Å²) in [4.78, 5) is 25.4. The number of carbonyl (C=O) groups excluding carboxylic acids is 2. The van der Waals surface area contributed by atoms with Crippen molar-refractivity contribution in [1.82, 2.24) is 10.2 Å². The molecule has 8 nitrogen and oxygen atoms in total. The number of nitrogens with zero attached hydrogens (tertiary/aromatic N) is 1. The highest BCUT2D eigenvalue weighted by molar-refractivity contribution is 7.87. The standard InChI is InChI=1S/C16H22N2O6S/c1-4-16(5-2)14(19)18(15(20)17-16)9-10-25(21,22)24-13-8-6-7-12(11-13)23-3/h6-8,11H,4-5,9-10H2,1-3H3,(H,17,20). The molecular weight excluding hydrogens is 348 g/mol. The fourth-order valence-corrected chi connectivity index (χ4v) is 3.54. The number of benzene rings is 1. The second-order valence-electron chi connectivity index (χ2n) is 5.70. The fourth-order valence-electron chi connectivity index (χ4n) is 2.65. The number of hydrogen-bond acceptors (Lipinski definition) is 6. The Hall–Kier alpha value is -2.29. The average Bonchev–Trinajstić information content (AvgIpc) is 2.83. The molecule has 0 aliphatic carbocycles. The van der Waals surface area contributed by atoms with E-state index >= 15 is 0 Å². The fraction of sp³-hybridized carbons (Fsp3) is 0.500. The Labute approximate surface area is 147 Å². The summed E-state index contributed by atoms with van der Waals surface area (Å²) >= 11 is 0. The molecule has 1 heterocycles. The number of amides is 3. The number of hydrogen-bond donors (Lipinski definition) is 1. The molecule has 1 aromatic carbocycles. The third kappa shape index (κ3) is 4.04. The van der Waals surface area contributed by atoms with Gasteiger partial charge in [-0.05, 0) is 25.0 Å². The van der Waals surface area contributed by atoms with Gasteiger partial charge in [0.2, 0.25) is 0 Å². The molecule has 0 spiro atoms. The Morgan fingerprint density at radius 2 is 1.80 bits per heavy atom. The number of urea groups is 1. The molecule has 1 aliphatic rings. The zero-order chi connectivity index (χ0) is 18.7. The highest BCUT2D eigenvalue weighted by atomic mass is 32.2. The van der Waals surface area contributed by atoms with Gasteiger partial charge in [-0.3, -0.25) is 9.69 Å². The Morgan fingerprint density at radius 1 is 1.16 bits per heavy atom. The van der Waals surface area contributed by atoms with Crippen LogP contribution in [0.15, 0.2) is 24.3 Å². The normalized spacial score (nSPS) is 16.7. The van der Waals surface area contributed by atoms with E-state index < -0.39 is 33.3 Å². The highest BCUT2D eigenvalue weighted by Gasteiger charge is 2.48. The van der Waals surface area contributed by atoms with E-state index in [9.17, 15) is 18.0 Å². The lowest BCUT2D eigenvalue weighted by molar-refractivity contribution is -0.131. The Balaban J connectivity index is 2.04. The molecule has 1 fully saturated rings. The van der Waals surface area contributed by atoms with Gasteiger partial charge < -0.3 is 14.2 Å². The summed E-state index contributed by atoms with van der Waals surface area (Å²) in [6, 6.07) is 5.59. The monoisotopic (exact) mass is 370 g/mol. The molecule has 0 unspecified atom stereocenters. The largest absolute Gasteiger partial charge is 0.497 e. The van der Waals surface area contributed by atoms with Crippen molar-refractivity contribution in [2.24, 2.45) is 0 Å². The maximum Gasteiger partial charge on any atom is 0.325 e. The smallest absolute Gasteiger partial charge is 0.325 e. The van der Waals surface area contributed by atoms with Gasteiger partial charge in [0.1, 0.15) is 22.8 Å². The van der Waals surface area contributed by atoms with Crippen LogP contribution in [0, 0.1) is 0 Å². The zero-order valence-corrected chi connectivity index (χ0v) is 15.3. The second kappa shape index (κ2) is 7.30. The molecule has 1 aliphatic heterocycles. The molecule has 0 radical (unpaired) electrons. The van der Waals surface area contributed by atoms with Crippen molar-refractivity contribution in [2.75, 3.05) is 19.4 Å². The van der Waals surface area contributed by atoms with Gasteiger partial charge in [0.05, 0.1) is 7.11 Å². The molecule has 25 heavy (non-hydrogen) atoms. The molecule has 1 aromatic rings. The van der Waals surface area contributed by atoms with Gasteiger partial charge in [0, 0.05) is 12.6 Å². The van der Waals surface area contributed by atoms with Crippen LogP contribution in [0.3, 0.4) is 0 Å². The van der Waals surface area contributed by atoms with E-state index in [1.54, 1.807) is 26.0 Å². The first-order valence-electron chi connectivity index (χ1n) is 7.97. The van der Waals surface area contributed by atoms with E-state index in [1.165, 1.54) is 19.2 Å². The van der Waals surface area contributed by atoms with E-state index in [0.717, 1.165) is 4.90 Å². The molecular formula is C16H22N2O6S. The second-order valence-corrected chi connectivity index (χ2v) is 7.39. The maximum atomic E-state index is 12.4. The van der Waals surface area contributed by atoms with Crippen LogP contribution < -0.4 is 14.2 Å². The number of methoxy groups -OCH3 is 1. The van der Waals surface area contributed by atoms with Gasteiger partial charge in [-0.25, -0.2) is 4.79 Å². The summed E-state index contributed by atoms with van der Waals surface area (Å²) in [5.74, 6) is -0.336. The van der Waals surface area contributed by atoms with Crippen LogP contribution in [0.25, 0.3) is 0 Å². The van der Waals surface area contributed by atoms with Crippen LogP contribution >= 0.6 is 0 Å². The Bertz CT molecular complexity index is 758. The molecule has 138 valence electrons. The topological polar surface area (TPSA) is 102 Å². The average molecular weight is 370 g/mol. The van der Waals surface area contributed by atoms with Crippen LogP contribution in [-0.2, 0) is 14.9 Å². The third-order valence-electron chi connectivity index (χ3n) is 4.28. The van der Waals surface area contributed by atoms with E-state index in [4.69, 9.17) is 8.92 Å². The minimum atomic E-state index is -3.97. The van der Waals surface area contributed by atoms with Crippen molar-refractivity contribution in [1.29, 1.82) is 0 Å². The third-order valence-corrected chi connectivity index (χ3v) is 5.41. The molecule has 2 rings (SSSR count). The zero-order valence-electron chi connectivity index (χ0n) is 14.4. The molecule has 1 N–H and O–H groups in total. The molecule has 9 heteroatoms. The predicted octanol–water partition coefficient (Wildman–Crippen LogP) is 1.51. The van der Waals surface area contributed by atoms with E-state index in [1.807, 2.05) is 0 Å². The number of carbonyl (C=O) groups is 2. The summed E-state index contributed by atoms with van der Waals surface area (Å²) in [5.41, 5.74) is -0.950. The van der Waals surface area contributed by atoms with Crippen molar-refractivity contribution >= 4 is 22.1 Å². The van der Waals surface area contributed by atoms with Crippen LogP contribution in [0.2, 0.25) is 0 Å². The van der Waals surface area contributed by atoms with Crippen LogP contribution in [-0.4, -0.2) is 50.2 Å². The summed E-state index contributed by atoms with van der Waals surface area (Å²) in [7, 11) is -2.52. The van der Waals surface area contributed by atoms with Crippen LogP contribution in [0.4, 0.5) is 4.79 Å². The van der Waals surface area contributed by atoms with Gasteiger partial charge in [0.25, 0.3) is 5.91 Å². The van der Waals surface area contributed by atoms with Crippen molar-refractivity contribution in [3.63, 3.8) is 0 Å². The minimum Gasteiger partial charge on any atom is -0.497 e. The van der Waals surface area contributed by atoms with E-state index in [0.29, 0.717) is 18.6 Å². The van der Waals surface area contributed by atoms with E-state index in [2.05, 4.69) is 5.32 Å². The van der Waals surface area contributed by atoms with Gasteiger partial charge in [0.15, 0.2) is 0 Å². The first-order chi connectivity index (χ1) is 11.8.